The summed E-state index contributed by atoms with van der Waals surface area (Å²) < 4.78 is 18.6. The molecule has 0 saturated carbocycles. The molecule has 0 saturated heterocycles. The highest BCUT2D eigenvalue weighted by atomic mass is 19.1. The van der Waals surface area contributed by atoms with Crippen LogP contribution in [-0.2, 0) is 0 Å². The van der Waals surface area contributed by atoms with E-state index in [-0.39, 0.29) is 5.82 Å². The van der Waals surface area contributed by atoms with Gasteiger partial charge in [0, 0.05) is 5.69 Å². The molecule has 0 unspecified atom stereocenters. The number of nitrogens with one attached hydrogen (secondary N) is 1. The number of halogens is 1. The van der Waals surface area contributed by atoms with E-state index in [0.29, 0.717) is 29.7 Å². The van der Waals surface area contributed by atoms with Crippen LogP contribution in [-0.4, -0.2) is 16.6 Å². The molecular formula is C13H15FN4O. The number of benzene rings is 1. The molecule has 1 heterocycles. The summed E-state index contributed by atoms with van der Waals surface area (Å²) in [5.74, 6) is 0.386. The Morgan fingerprint density at radius 2 is 2.11 bits per heavy atom. The van der Waals surface area contributed by atoms with Gasteiger partial charge in [0.15, 0.2) is 5.82 Å². The molecule has 0 aliphatic rings. The molecular weight excluding hydrogens is 247 g/mol. The standard InChI is InChI=1S/C13H15FN4O/c1-3-19-13-11(15)12(16-7-17-13)18-10-5-8(2)4-9(14)6-10/h4-7H,3,15H2,1-2H3,(H,16,17,18). The number of rotatable bonds is 4. The number of ether oxygens (including phenoxy) is 1. The largest absolute Gasteiger partial charge is 0.476 e. The van der Waals surface area contributed by atoms with Gasteiger partial charge in [0.2, 0.25) is 5.88 Å². The third-order valence-corrected chi connectivity index (χ3v) is 2.43. The average Bonchev–Trinajstić information content (AvgIpc) is 2.33. The lowest BCUT2D eigenvalue weighted by Gasteiger charge is -2.11. The van der Waals surface area contributed by atoms with E-state index in [0.717, 1.165) is 5.56 Å². The topological polar surface area (TPSA) is 73.1 Å². The number of anilines is 3. The highest BCUT2D eigenvalue weighted by molar-refractivity contribution is 5.72. The molecule has 1 aromatic heterocycles. The number of hydrogen-bond acceptors (Lipinski definition) is 5. The van der Waals surface area contributed by atoms with Crippen LogP contribution in [0.25, 0.3) is 0 Å². The Morgan fingerprint density at radius 3 is 2.79 bits per heavy atom. The van der Waals surface area contributed by atoms with Crippen molar-refractivity contribution in [3.8, 4) is 5.88 Å². The Morgan fingerprint density at radius 1 is 1.32 bits per heavy atom. The zero-order chi connectivity index (χ0) is 13.8. The van der Waals surface area contributed by atoms with Gasteiger partial charge in [-0.15, -0.1) is 0 Å². The predicted molar refractivity (Wildman–Crippen MR) is 72.0 cm³/mol. The summed E-state index contributed by atoms with van der Waals surface area (Å²) in [4.78, 5) is 7.96. The van der Waals surface area contributed by atoms with Crippen molar-refractivity contribution < 1.29 is 9.13 Å². The first-order chi connectivity index (χ1) is 9.10. The Kier molecular flexibility index (Phi) is 3.79. The molecule has 3 N–H and O–H groups in total. The first kappa shape index (κ1) is 13.1. The minimum absolute atomic E-state index is 0.297. The highest BCUT2D eigenvalue weighted by Gasteiger charge is 2.09. The van der Waals surface area contributed by atoms with Crippen molar-refractivity contribution in [1.82, 2.24) is 9.97 Å². The fourth-order valence-electron chi connectivity index (χ4n) is 1.68. The summed E-state index contributed by atoms with van der Waals surface area (Å²) in [6.45, 7) is 4.10. The van der Waals surface area contributed by atoms with Crippen LogP contribution in [0.3, 0.4) is 0 Å². The Hall–Kier alpha value is -2.37. The zero-order valence-electron chi connectivity index (χ0n) is 10.8. The molecule has 0 amide bonds. The van der Waals surface area contributed by atoms with Gasteiger partial charge in [-0.3, -0.25) is 0 Å². The molecule has 0 aliphatic carbocycles. The van der Waals surface area contributed by atoms with Crippen LogP contribution in [0.5, 0.6) is 5.88 Å². The van der Waals surface area contributed by atoms with Crippen molar-refractivity contribution in [2.75, 3.05) is 17.7 Å². The molecule has 19 heavy (non-hydrogen) atoms. The smallest absolute Gasteiger partial charge is 0.242 e. The lowest BCUT2D eigenvalue weighted by atomic mass is 10.2. The summed E-state index contributed by atoms with van der Waals surface area (Å²) in [5, 5.41) is 2.96. The maximum Gasteiger partial charge on any atom is 0.242 e. The van der Waals surface area contributed by atoms with Crippen molar-refractivity contribution >= 4 is 17.2 Å². The second-order valence-electron chi connectivity index (χ2n) is 4.02. The van der Waals surface area contributed by atoms with Crippen molar-refractivity contribution in [2.24, 2.45) is 0 Å². The van der Waals surface area contributed by atoms with Crippen LogP contribution in [0.15, 0.2) is 24.5 Å². The normalized spacial score (nSPS) is 10.3. The molecule has 0 bridgehead atoms. The van der Waals surface area contributed by atoms with Crippen molar-refractivity contribution in [3.63, 3.8) is 0 Å². The van der Waals surface area contributed by atoms with Gasteiger partial charge in [0.05, 0.1) is 6.61 Å². The van der Waals surface area contributed by atoms with E-state index < -0.39 is 0 Å². The van der Waals surface area contributed by atoms with E-state index in [4.69, 9.17) is 10.5 Å². The summed E-state index contributed by atoms with van der Waals surface area (Å²) in [5.41, 5.74) is 7.56. The molecule has 100 valence electrons. The van der Waals surface area contributed by atoms with Gasteiger partial charge in [-0.1, -0.05) is 0 Å². The SMILES string of the molecule is CCOc1ncnc(Nc2cc(C)cc(F)c2)c1N. The lowest BCUT2D eigenvalue weighted by molar-refractivity contribution is 0.328. The summed E-state index contributed by atoms with van der Waals surface area (Å²) in [6, 6.07) is 4.61. The molecule has 0 atom stereocenters. The number of nitrogen functional groups attached to an aromatic ring is 1. The maximum absolute atomic E-state index is 13.3. The van der Waals surface area contributed by atoms with Crippen molar-refractivity contribution in [3.05, 3.63) is 35.9 Å². The number of aryl methyl sites for hydroxylation is 1. The van der Waals surface area contributed by atoms with Gasteiger partial charge < -0.3 is 15.8 Å². The third kappa shape index (κ3) is 3.09. The lowest BCUT2D eigenvalue weighted by Crippen LogP contribution is -2.05. The number of aromatic nitrogens is 2. The van der Waals surface area contributed by atoms with E-state index in [1.54, 1.807) is 6.07 Å². The van der Waals surface area contributed by atoms with E-state index in [1.807, 2.05) is 13.8 Å². The zero-order valence-corrected chi connectivity index (χ0v) is 10.8. The molecule has 1 aromatic carbocycles. The average molecular weight is 262 g/mol. The molecule has 6 heteroatoms. The minimum Gasteiger partial charge on any atom is -0.476 e. The first-order valence-electron chi connectivity index (χ1n) is 5.87. The van der Waals surface area contributed by atoms with Crippen molar-refractivity contribution in [1.29, 1.82) is 0 Å². The molecule has 0 radical (unpaired) electrons. The fraction of sp³-hybridized carbons (Fsp3) is 0.231. The highest BCUT2D eigenvalue weighted by Crippen LogP contribution is 2.27. The minimum atomic E-state index is -0.319. The number of nitrogens with two attached hydrogens (primary N) is 1. The Bertz CT molecular complexity index is 569. The quantitative estimate of drug-likeness (QED) is 0.886. The van der Waals surface area contributed by atoms with Gasteiger partial charge in [0.1, 0.15) is 17.8 Å². The van der Waals surface area contributed by atoms with E-state index in [1.165, 1.54) is 18.5 Å². The second-order valence-corrected chi connectivity index (χ2v) is 4.02. The van der Waals surface area contributed by atoms with Crippen LogP contribution < -0.4 is 15.8 Å². The Balaban J connectivity index is 2.30. The maximum atomic E-state index is 13.3. The van der Waals surface area contributed by atoms with Crippen LogP contribution in [0, 0.1) is 12.7 Å². The summed E-state index contributed by atoms with van der Waals surface area (Å²) in [7, 11) is 0. The molecule has 2 rings (SSSR count). The van der Waals surface area contributed by atoms with E-state index in [2.05, 4.69) is 15.3 Å². The van der Waals surface area contributed by atoms with Gasteiger partial charge in [-0.2, -0.15) is 4.98 Å². The van der Waals surface area contributed by atoms with Crippen molar-refractivity contribution in [2.45, 2.75) is 13.8 Å². The molecule has 0 spiro atoms. The fourth-order valence-corrected chi connectivity index (χ4v) is 1.68. The monoisotopic (exact) mass is 262 g/mol. The summed E-state index contributed by atoms with van der Waals surface area (Å²) >= 11 is 0. The van der Waals surface area contributed by atoms with Gasteiger partial charge in [0.25, 0.3) is 0 Å². The summed E-state index contributed by atoms with van der Waals surface area (Å²) in [6.07, 6.45) is 1.34. The number of hydrogen-bond donors (Lipinski definition) is 2. The predicted octanol–water partition coefficient (Wildman–Crippen LogP) is 2.65. The van der Waals surface area contributed by atoms with E-state index >= 15 is 0 Å². The van der Waals surface area contributed by atoms with Crippen LogP contribution in [0.4, 0.5) is 21.6 Å². The Labute approximate surface area is 110 Å². The molecule has 5 nitrogen and oxygen atoms in total. The second kappa shape index (κ2) is 5.51. The first-order valence-corrected chi connectivity index (χ1v) is 5.87. The van der Waals surface area contributed by atoms with Gasteiger partial charge in [-0.05, 0) is 37.6 Å². The third-order valence-electron chi connectivity index (χ3n) is 2.43. The van der Waals surface area contributed by atoms with Gasteiger partial charge >= 0.3 is 0 Å². The molecule has 2 aromatic rings. The van der Waals surface area contributed by atoms with Crippen LogP contribution in [0.2, 0.25) is 0 Å². The van der Waals surface area contributed by atoms with E-state index in [9.17, 15) is 4.39 Å². The number of nitrogens with zero attached hydrogens (tertiary/aromatic N) is 2. The van der Waals surface area contributed by atoms with Gasteiger partial charge in [-0.25, -0.2) is 9.37 Å². The molecule has 0 aliphatic heterocycles. The molecule has 0 fully saturated rings. The van der Waals surface area contributed by atoms with Crippen LogP contribution in [0.1, 0.15) is 12.5 Å². The van der Waals surface area contributed by atoms with Crippen LogP contribution >= 0.6 is 0 Å².